The molecule has 2 rings (SSSR count). The fourth-order valence-corrected chi connectivity index (χ4v) is 2.38. The van der Waals surface area contributed by atoms with E-state index in [4.69, 9.17) is 22.2 Å². The van der Waals surface area contributed by atoms with E-state index in [-0.39, 0.29) is 5.75 Å². The highest BCUT2D eigenvalue weighted by Crippen LogP contribution is 2.33. The Morgan fingerprint density at radius 1 is 1.20 bits per heavy atom. The molecule has 0 radical (unpaired) electrons. The van der Waals surface area contributed by atoms with E-state index in [9.17, 15) is 4.39 Å². The summed E-state index contributed by atoms with van der Waals surface area (Å²) in [5.74, 6) is 5.32. The molecule has 3 N–H and O–H groups in total. The van der Waals surface area contributed by atoms with Gasteiger partial charge in [-0.3, -0.25) is 5.84 Å². The predicted octanol–water partition coefficient (Wildman–Crippen LogP) is 3.35. The van der Waals surface area contributed by atoms with Gasteiger partial charge in [-0.15, -0.1) is 0 Å². The Bertz CT molecular complexity index is 619. The molecule has 0 spiro atoms. The number of ether oxygens (including phenoxy) is 1. The van der Waals surface area contributed by atoms with Crippen molar-refractivity contribution in [2.75, 3.05) is 7.11 Å². The Labute approximate surface area is 122 Å². The quantitative estimate of drug-likeness (QED) is 0.671. The third-order valence-electron chi connectivity index (χ3n) is 3.22. The number of hydrazine groups is 1. The number of rotatable bonds is 4. The number of nitrogens with one attached hydrogen (secondary N) is 1. The smallest absolute Gasteiger partial charge is 0.170 e. The normalized spacial score (nSPS) is 12.2. The molecule has 0 saturated heterocycles. The molecule has 2 aromatic carbocycles. The molecule has 0 amide bonds. The molecule has 0 aliphatic carbocycles. The van der Waals surface area contributed by atoms with E-state index in [0.29, 0.717) is 10.6 Å². The van der Waals surface area contributed by atoms with Crippen LogP contribution >= 0.6 is 11.6 Å². The molecular formula is C15H16ClFN2O. The molecule has 0 bridgehead atoms. The molecule has 2 aromatic rings. The first-order chi connectivity index (χ1) is 9.60. The van der Waals surface area contributed by atoms with Crippen molar-refractivity contribution in [3.05, 3.63) is 63.9 Å². The van der Waals surface area contributed by atoms with Crippen molar-refractivity contribution in [1.82, 2.24) is 5.43 Å². The van der Waals surface area contributed by atoms with Crippen molar-refractivity contribution in [2.24, 2.45) is 5.84 Å². The first-order valence-corrected chi connectivity index (χ1v) is 6.51. The summed E-state index contributed by atoms with van der Waals surface area (Å²) < 4.78 is 19.4. The van der Waals surface area contributed by atoms with Crippen molar-refractivity contribution in [3.63, 3.8) is 0 Å². The molecule has 0 saturated carbocycles. The highest BCUT2D eigenvalue weighted by Gasteiger charge is 2.21. The fraction of sp³-hybridized carbons (Fsp3) is 0.200. The minimum atomic E-state index is -0.544. The van der Waals surface area contributed by atoms with E-state index in [1.807, 2.05) is 25.1 Å². The molecule has 1 unspecified atom stereocenters. The van der Waals surface area contributed by atoms with Crippen molar-refractivity contribution < 1.29 is 9.13 Å². The Kier molecular flexibility index (Phi) is 4.60. The predicted molar refractivity (Wildman–Crippen MR) is 78.3 cm³/mol. The number of hydrogen-bond donors (Lipinski definition) is 2. The van der Waals surface area contributed by atoms with E-state index in [2.05, 4.69) is 5.43 Å². The Balaban J connectivity index is 2.56. The summed E-state index contributed by atoms with van der Waals surface area (Å²) in [6.45, 7) is 1.89. The van der Waals surface area contributed by atoms with E-state index in [0.717, 1.165) is 11.1 Å². The first kappa shape index (κ1) is 14.8. The molecule has 3 nitrogen and oxygen atoms in total. The van der Waals surface area contributed by atoms with Crippen LogP contribution in [0.5, 0.6) is 5.75 Å². The SMILES string of the molecule is COc1cccc(C(NN)c2cccc(C)c2Cl)c1F. The molecule has 0 aliphatic rings. The maximum atomic E-state index is 14.4. The average Bonchev–Trinajstić information content (AvgIpc) is 2.46. The van der Waals surface area contributed by atoms with Crippen LogP contribution in [0.2, 0.25) is 5.02 Å². The number of methoxy groups -OCH3 is 1. The van der Waals surface area contributed by atoms with Crippen LogP contribution in [0, 0.1) is 12.7 Å². The van der Waals surface area contributed by atoms with Gasteiger partial charge in [0, 0.05) is 10.6 Å². The number of nitrogens with two attached hydrogens (primary N) is 1. The maximum Gasteiger partial charge on any atom is 0.170 e. The minimum absolute atomic E-state index is 0.173. The van der Waals surface area contributed by atoms with Crippen LogP contribution in [0.4, 0.5) is 4.39 Å². The molecule has 1 atom stereocenters. The number of benzene rings is 2. The van der Waals surface area contributed by atoms with Crippen LogP contribution in [-0.2, 0) is 0 Å². The second kappa shape index (κ2) is 6.22. The average molecular weight is 295 g/mol. The maximum absolute atomic E-state index is 14.4. The zero-order valence-corrected chi connectivity index (χ0v) is 12.0. The fourth-order valence-electron chi connectivity index (χ4n) is 2.15. The zero-order chi connectivity index (χ0) is 14.7. The van der Waals surface area contributed by atoms with Gasteiger partial charge in [-0.05, 0) is 24.1 Å². The summed E-state index contributed by atoms with van der Waals surface area (Å²) in [5.41, 5.74) is 4.64. The third kappa shape index (κ3) is 2.63. The highest BCUT2D eigenvalue weighted by molar-refractivity contribution is 6.32. The van der Waals surface area contributed by atoms with Gasteiger partial charge in [-0.2, -0.15) is 0 Å². The van der Waals surface area contributed by atoms with Crippen LogP contribution in [0.25, 0.3) is 0 Å². The van der Waals surface area contributed by atoms with Gasteiger partial charge in [0.1, 0.15) is 0 Å². The second-order valence-corrected chi connectivity index (χ2v) is 4.82. The molecule has 0 fully saturated rings. The monoisotopic (exact) mass is 294 g/mol. The summed E-state index contributed by atoms with van der Waals surface area (Å²) >= 11 is 6.29. The standard InChI is InChI=1S/C15H16ClFN2O/c1-9-5-3-6-10(13(9)16)15(19-18)11-7-4-8-12(20-2)14(11)17/h3-8,15,19H,18H2,1-2H3. The zero-order valence-electron chi connectivity index (χ0n) is 11.3. The van der Waals surface area contributed by atoms with Gasteiger partial charge in [0.05, 0.1) is 13.2 Å². The Morgan fingerprint density at radius 2 is 1.85 bits per heavy atom. The largest absolute Gasteiger partial charge is 0.494 e. The summed E-state index contributed by atoms with van der Waals surface area (Å²) in [6, 6.07) is 9.95. The first-order valence-electron chi connectivity index (χ1n) is 6.13. The molecule has 0 aliphatic heterocycles. The van der Waals surface area contributed by atoms with E-state index < -0.39 is 11.9 Å². The summed E-state index contributed by atoms with van der Waals surface area (Å²) in [7, 11) is 1.42. The molecule has 5 heteroatoms. The van der Waals surface area contributed by atoms with Crippen LogP contribution < -0.4 is 16.0 Å². The second-order valence-electron chi connectivity index (χ2n) is 4.44. The van der Waals surface area contributed by atoms with Crippen molar-refractivity contribution >= 4 is 11.6 Å². The summed E-state index contributed by atoms with van der Waals surface area (Å²) in [5, 5.41) is 0.567. The lowest BCUT2D eigenvalue weighted by Crippen LogP contribution is -2.30. The molecule has 20 heavy (non-hydrogen) atoms. The molecular weight excluding hydrogens is 279 g/mol. The summed E-state index contributed by atoms with van der Waals surface area (Å²) in [6.07, 6.45) is 0. The van der Waals surface area contributed by atoms with E-state index in [1.54, 1.807) is 18.2 Å². The van der Waals surface area contributed by atoms with Crippen molar-refractivity contribution in [2.45, 2.75) is 13.0 Å². The van der Waals surface area contributed by atoms with Gasteiger partial charge in [0.15, 0.2) is 11.6 Å². The lowest BCUT2D eigenvalue weighted by molar-refractivity contribution is 0.381. The lowest BCUT2D eigenvalue weighted by atomic mass is 9.97. The molecule has 106 valence electrons. The topological polar surface area (TPSA) is 47.3 Å². The molecule has 0 aromatic heterocycles. The van der Waals surface area contributed by atoms with Gasteiger partial charge in [-0.1, -0.05) is 41.9 Å². The van der Waals surface area contributed by atoms with Crippen molar-refractivity contribution in [1.29, 1.82) is 0 Å². The van der Waals surface area contributed by atoms with Gasteiger partial charge < -0.3 is 4.74 Å². The third-order valence-corrected chi connectivity index (χ3v) is 3.74. The Morgan fingerprint density at radius 3 is 2.50 bits per heavy atom. The minimum Gasteiger partial charge on any atom is -0.494 e. The molecule has 0 heterocycles. The summed E-state index contributed by atoms with van der Waals surface area (Å²) in [4.78, 5) is 0. The van der Waals surface area contributed by atoms with Crippen LogP contribution in [0.15, 0.2) is 36.4 Å². The lowest BCUT2D eigenvalue weighted by Gasteiger charge is -2.20. The Hall–Kier alpha value is -1.62. The number of aryl methyl sites for hydroxylation is 1. The highest BCUT2D eigenvalue weighted by atomic mass is 35.5. The van der Waals surface area contributed by atoms with Gasteiger partial charge in [-0.25, -0.2) is 9.82 Å². The van der Waals surface area contributed by atoms with E-state index in [1.165, 1.54) is 7.11 Å². The van der Waals surface area contributed by atoms with Gasteiger partial charge in [0.25, 0.3) is 0 Å². The van der Waals surface area contributed by atoms with Gasteiger partial charge >= 0.3 is 0 Å². The van der Waals surface area contributed by atoms with Crippen LogP contribution in [0.3, 0.4) is 0 Å². The van der Waals surface area contributed by atoms with E-state index >= 15 is 0 Å². The van der Waals surface area contributed by atoms with Gasteiger partial charge in [0.2, 0.25) is 0 Å². The number of hydrogen-bond acceptors (Lipinski definition) is 3. The number of halogens is 2. The van der Waals surface area contributed by atoms with Crippen LogP contribution in [-0.4, -0.2) is 7.11 Å². The van der Waals surface area contributed by atoms with Crippen LogP contribution in [0.1, 0.15) is 22.7 Å². The van der Waals surface area contributed by atoms with Crippen molar-refractivity contribution in [3.8, 4) is 5.75 Å².